The molecule has 0 radical (unpaired) electrons. The molecule has 0 N–H and O–H groups in total. The molecule has 0 aromatic heterocycles. The van der Waals surface area contributed by atoms with E-state index in [9.17, 15) is 4.79 Å². The number of carbonyl (C=O) groups excluding carboxylic acids is 1. The molecule has 1 aliphatic rings. The van der Waals surface area contributed by atoms with Gasteiger partial charge in [0.1, 0.15) is 6.61 Å². The van der Waals surface area contributed by atoms with E-state index < -0.39 is 5.97 Å². The van der Waals surface area contributed by atoms with Gasteiger partial charge >= 0.3 is 5.97 Å². The van der Waals surface area contributed by atoms with Gasteiger partial charge in [-0.2, -0.15) is 0 Å². The molecule has 0 spiro atoms. The summed E-state index contributed by atoms with van der Waals surface area (Å²) in [6, 6.07) is 0. The third-order valence-electron chi connectivity index (χ3n) is 1.22. The molecule has 1 saturated heterocycles. The van der Waals surface area contributed by atoms with Crippen molar-refractivity contribution in [3.8, 4) is 0 Å². The van der Waals surface area contributed by atoms with Crippen molar-refractivity contribution in [3.05, 3.63) is 24.8 Å². The molecule has 1 rings (SSSR count). The van der Waals surface area contributed by atoms with E-state index in [0.717, 1.165) is 0 Å². The molecule has 1 unspecified atom stereocenters. The Bertz CT molecular complexity index is 192. The summed E-state index contributed by atoms with van der Waals surface area (Å²) >= 11 is 0. The first kappa shape index (κ1) is 8.01. The number of allylic oxidation sites excluding steroid dienone is 1. The van der Waals surface area contributed by atoms with Gasteiger partial charge in [0, 0.05) is 5.57 Å². The predicted molar refractivity (Wildman–Crippen MR) is 39.8 cm³/mol. The SMILES string of the molecule is C=CCC(=C)C(=O)OC1CO1. The molecule has 0 saturated carbocycles. The van der Waals surface area contributed by atoms with Crippen LogP contribution in [0.25, 0.3) is 0 Å². The second-order valence-corrected chi connectivity index (χ2v) is 2.26. The third kappa shape index (κ3) is 2.55. The van der Waals surface area contributed by atoms with Crippen LogP contribution in [-0.2, 0) is 14.3 Å². The minimum atomic E-state index is -0.396. The highest BCUT2D eigenvalue weighted by atomic mass is 16.8. The summed E-state index contributed by atoms with van der Waals surface area (Å²) in [6.07, 6.45) is 1.74. The van der Waals surface area contributed by atoms with Gasteiger partial charge < -0.3 is 9.47 Å². The lowest BCUT2D eigenvalue weighted by Gasteiger charge is -2.00. The van der Waals surface area contributed by atoms with Crippen molar-refractivity contribution in [3.63, 3.8) is 0 Å². The van der Waals surface area contributed by atoms with Crippen LogP contribution in [0.1, 0.15) is 6.42 Å². The molecule has 1 aliphatic heterocycles. The third-order valence-corrected chi connectivity index (χ3v) is 1.22. The van der Waals surface area contributed by atoms with E-state index in [0.29, 0.717) is 18.6 Å². The van der Waals surface area contributed by atoms with E-state index in [2.05, 4.69) is 13.2 Å². The quantitative estimate of drug-likeness (QED) is 0.262. The second-order valence-electron chi connectivity index (χ2n) is 2.26. The lowest BCUT2D eigenvalue weighted by Crippen LogP contribution is -2.08. The smallest absolute Gasteiger partial charge is 0.336 e. The van der Waals surface area contributed by atoms with Gasteiger partial charge in [-0.3, -0.25) is 0 Å². The largest absolute Gasteiger partial charge is 0.430 e. The highest BCUT2D eigenvalue weighted by molar-refractivity contribution is 5.88. The molecular formula is C8H10O3. The van der Waals surface area contributed by atoms with Crippen molar-refractivity contribution in [1.29, 1.82) is 0 Å². The maximum Gasteiger partial charge on any atom is 0.336 e. The standard InChI is InChI=1S/C8H10O3/c1-3-4-6(2)8(9)11-7-5-10-7/h3,7H,1-2,4-5H2. The first-order valence-corrected chi connectivity index (χ1v) is 3.35. The Morgan fingerprint density at radius 2 is 2.45 bits per heavy atom. The molecule has 60 valence electrons. The summed E-state index contributed by atoms with van der Waals surface area (Å²) < 4.78 is 9.46. The zero-order chi connectivity index (χ0) is 8.27. The molecule has 0 bridgehead atoms. The van der Waals surface area contributed by atoms with E-state index in [4.69, 9.17) is 9.47 Å². The zero-order valence-corrected chi connectivity index (χ0v) is 6.21. The van der Waals surface area contributed by atoms with Crippen LogP contribution < -0.4 is 0 Å². The second kappa shape index (κ2) is 3.34. The molecule has 3 nitrogen and oxygen atoms in total. The molecule has 0 aliphatic carbocycles. The first-order valence-electron chi connectivity index (χ1n) is 3.35. The monoisotopic (exact) mass is 154 g/mol. The van der Waals surface area contributed by atoms with Gasteiger partial charge in [-0.05, 0) is 6.42 Å². The Labute approximate surface area is 65.3 Å². The lowest BCUT2D eigenvalue weighted by molar-refractivity contribution is -0.143. The van der Waals surface area contributed by atoms with Gasteiger partial charge in [-0.1, -0.05) is 12.7 Å². The topological polar surface area (TPSA) is 38.8 Å². The van der Waals surface area contributed by atoms with Crippen molar-refractivity contribution in [2.45, 2.75) is 12.7 Å². The van der Waals surface area contributed by atoms with Crippen LogP contribution in [-0.4, -0.2) is 18.9 Å². The first-order chi connectivity index (χ1) is 5.24. The van der Waals surface area contributed by atoms with Gasteiger partial charge in [-0.25, -0.2) is 4.79 Å². The highest BCUT2D eigenvalue weighted by Crippen LogP contribution is 2.13. The number of carbonyl (C=O) groups is 1. The van der Waals surface area contributed by atoms with Gasteiger partial charge in [0.2, 0.25) is 6.29 Å². The summed E-state index contributed by atoms with van der Waals surface area (Å²) in [5, 5.41) is 0. The number of ether oxygens (including phenoxy) is 2. The maximum atomic E-state index is 10.9. The van der Waals surface area contributed by atoms with Crippen LogP contribution in [0.5, 0.6) is 0 Å². The minimum absolute atomic E-state index is 0.330. The van der Waals surface area contributed by atoms with Crippen LogP contribution in [0.2, 0.25) is 0 Å². The van der Waals surface area contributed by atoms with Crippen molar-refractivity contribution in [1.82, 2.24) is 0 Å². The van der Waals surface area contributed by atoms with E-state index in [-0.39, 0.29) is 6.29 Å². The van der Waals surface area contributed by atoms with Gasteiger partial charge in [0.25, 0.3) is 0 Å². The Kier molecular flexibility index (Phi) is 2.44. The van der Waals surface area contributed by atoms with Gasteiger partial charge in [-0.15, -0.1) is 6.58 Å². The van der Waals surface area contributed by atoms with Crippen molar-refractivity contribution < 1.29 is 14.3 Å². The normalized spacial score (nSPS) is 20.5. The molecule has 0 aromatic carbocycles. The summed E-state index contributed by atoms with van der Waals surface area (Å²) in [5.41, 5.74) is 0.413. The minimum Gasteiger partial charge on any atom is -0.430 e. The summed E-state index contributed by atoms with van der Waals surface area (Å²) in [5.74, 6) is -0.396. The number of rotatable bonds is 4. The molecule has 0 amide bonds. The maximum absolute atomic E-state index is 10.9. The van der Waals surface area contributed by atoms with Crippen LogP contribution in [0.4, 0.5) is 0 Å². The lowest BCUT2D eigenvalue weighted by atomic mass is 10.2. The number of esters is 1. The van der Waals surface area contributed by atoms with Crippen molar-refractivity contribution in [2.75, 3.05) is 6.61 Å². The van der Waals surface area contributed by atoms with Gasteiger partial charge in [0.15, 0.2) is 0 Å². The Morgan fingerprint density at radius 3 is 2.91 bits per heavy atom. The van der Waals surface area contributed by atoms with E-state index in [1.165, 1.54) is 0 Å². The Morgan fingerprint density at radius 1 is 1.82 bits per heavy atom. The number of epoxide rings is 1. The van der Waals surface area contributed by atoms with Crippen LogP contribution >= 0.6 is 0 Å². The Balaban J connectivity index is 2.26. The van der Waals surface area contributed by atoms with E-state index in [1.54, 1.807) is 6.08 Å². The molecule has 1 heterocycles. The molecular weight excluding hydrogens is 144 g/mol. The van der Waals surface area contributed by atoms with Crippen LogP contribution in [0.15, 0.2) is 24.8 Å². The average Bonchev–Trinajstić information content (AvgIpc) is 2.72. The molecule has 3 heteroatoms. The average molecular weight is 154 g/mol. The molecule has 1 fully saturated rings. The number of hydrogen-bond acceptors (Lipinski definition) is 3. The Hall–Kier alpha value is -1.09. The van der Waals surface area contributed by atoms with Crippen molar-refractivity contribution in [2.24, 2.45) is 0 Å². The molecule has 1 atom stereocenters. The van der Waals surface area contributed by atoms with Gasteiger partial charge in [0.05, 0.1) is 0 Å². The zero-order valence-electron chi connectivity index (χ0n) is 6.21. The fourth-order valence-electron chi connectivity index (χ4n) is 0.568. The van der Waals surface area contributed by atoms with E-state index in [1.807, 2.05) is 0 Å². The summed E-state index contributed by atoms with van der Waals surface area (Å²) in [4.78, 5) is 10.9. The summed E-state index contributed by atoms with van der Waals surface area (Å²) in [6.45, 7) is 7.51. The predicted octanol–water partition coefficient (Wildman–Crippen LogP) is 1.02. The summed E-state index contributed by atoms with van der Waals surface area (Å²) in [7, 11) is 0. The number of hydrogen-bond donors (Lipinski definition) is 0. The molecule has 11 heavy (non-hydrogen) atoms. The fourth-order valence-corrected chi connectivity index (χ4v) is 0.568. The van der Waals surface area contributed by atoms with Crippen LogP contribution in [0, 0.1) is 0 Å². The fraction of sp³-hybridized carbons (Fsp3) is 0.375. The van der Waals surface area contributed by atoms with E-state index >= 15 is 0 Å². The highest BCUT2D eigenvalue weighted by Gasteiger charge is 2.27. The van der Waals surface area contributed by atoms with Crippen LogP contribution in [0.3, 0.4) is 0 Å². The molecule has 0 aromatic rings. The van der Waals surface area contributed by atoms with Crippen molar-refractivity contribution >= 4 is 5.97 Å².